The lowest BCUT2D eigenvalue weighted by Gasteiger charge is -1.88. The van der Waals surface area contributed by atoms with Crippen molar-refractivity contribution in [1.29, 1.82) is 5.26 Å². The van der Waals surface area contributed by atoms with Gasteiger partial charge in [-0.15, -0.1) is 5.10 Å². The fourth-order valence-electron chi connectivity index (χ4n) is 1.24. The van der Waals surface area contributed by atoms with Crippen LogP contribution < -0.4 is 0 Å². The molecule has 0 fully saturated rings. The number of nitrogens with zero attached hydrogens (tertiary/aromatic N) is 4. The minimum Gasteiger partial charge on any atom is -0.258 e. The molecule has 0 atom stereocenters. The van der Waals surface area contributed by atoms with E-state index in [1.165, 1.54) is 4.52 Å². The van der Waals surface area contributed by atoms with Crippen molar-refractivity contribution in [2.75, 3.05) is 0 Å². The highest BCUT2D eigenvalue weighted by Crippen LogP contribution is 2.22. The summed E-state index contributed by atoms with van der Waals surface area (Å²) in [6, 6.07) is 6.58. The Morgan fingerprint density at radius 1 is 1.57 bits per heavy atom. The highest BCUT2D eigenvalue weighted by atomic mass is 16.6. The molecule has 0 N–H and O–H groups in total. The third kappa shape index (κ3) is 0.998. The van der Waals surface area contributed by atoms with Gasteiger partial charge in [0.05, 0.1) is 4.92 Å². The monoisotopic (exact) mass is 188 g/mol. The van der Waals surface area contributed by atoms with Crippen LogP contribution in [0, 0.1) is 21.4 Å². The summed E-state index contributed by atoms with van der Waals surface area (Å²) in [6.45, 7) is 0. The van der Waals surface area contributed by atoms with Crippen LogP contribution in [0.2, 0.25) is 0 Å². The smallest absolute Gasteiger partial charge is 0.258 e. The first kappa shape index (κ1) is 8.19. The summed E-state index contributed by atoms with van der Waals surface area (Å²) >= 11 is 0. The van der Waals surface area contributed by atoms with Crippen molar-refractivity contribution < 1.29 is 4.92 Å². The number of aromatic nitrogens is 2. The van der Waals surface area contributed by atoms with E-state index in [-0.39, 0.29) is 11.4 Å². The molecule has 0 aromatic carbocycles. The average molecular weight is 188 g/mol. The van der Waals surface area contributed by atoms with Crippen LogP contribution in [0.3, 0.4) is 0 Å². The predicted octanol–water partition coefficient (Wildman–Crippen LogP) is 1.11. The first-order valence-electron chi connectivity index (χ1n) is 3.76. The number of nitriles is 1. The lowest BCUT2D eigenvalue weighted by Crippen LogP contribution is -1.89. The molecular weight excluding hydrogens is 184 g/mol. The van der Waals surface area contributed by atoms with E-state index in [9.17, 15) is 10.1 Å². The predicted molar refractivity (Wildman–Crippen MR) is 46.6 cm³/mol. The normalized spacial score (nSPS) is 9.93. The molecule has 2 heterocycles. The summed E-state index contributed by atoms with van der Waals surface area (Å²) in [7, 11) is 0. The Labute approximate surface area is 78.1 Å². The standard InChI is InChI=1S/C8H4N4O2/c9-5-6-8(12(13)14)7-3-1-2-4-11(7)10-6/h1-4H. The number of rotatable bonds is 1. The van der Waals surface area contributed by atoms with Crippen molar-refractivity contribution in [3.63, 3.8) is 0 Å². The molecule has 0 saturated heterocycles. The van der Waals surface area contributed by atoms with Gasteiger partial charge in [-0.2, -0.15) is 5.26 Å². The van der Waals surface area contributed by atoms with Crippen LogP contribution in [0.1, 0.15) is 5.69 Å². The van der Waals surface area contributed by atoms with Crippen LogP contribution in [0.15, 0.2) is 24.4 Å². The Balaban J connectivity index is 2.89. The minimum atomic E-state index is -0.596. The summed E-state index contributed by atoms with van der Waals surface area (Å²) < 4.78 is 1.32. The second-order valence-corrected chi connectivity index (χ2v) is 2.60. The average Bonchev–Trinajstić information content (AvgIpc) is 2.55. The number of hydrogen-bond acceptors (Lipinski definition) is 4. The van der Waals surface area contributed by atoms with Gasteiger partial charge in [0.1, 0.15) is 11.6 Å². The SMILES string of the molecule is N#Cc1nn2ccccc2c1[N+](=O)[O-]. The number of pyridine rings is 1. The molecule has 2 aromatic heterocycles. The zero-order chi connectivity index (χ0) is 10.1. The molecule has 0 spiro atoms. The molecule has 14 heavy (non-hydrogen) atoms. The first-order valence-corrected chi connectivity index (χ1v) is 3.76. The molecule has 0 aliphatic rings. The van der Waals surface area contributed by atoms with Crippen LogP contribution in [0.25, 0.3) is 5.52 Å². The van der Waals surface area contributed by atoms with Crippen LogP contribution in [0.4, 0.5) is 5.69 Å². The fourth-order valence-corrected chi connectivity index (χ4v) is 1.24. The molecule has 0 radical (unpaired) electrons. The minimum absolute atomic E-state index is 0.166. The molecule has 6 nitrogen and oxygen atoms in total. The van der Waals surface area contributed by atoms with Crippen LogP contribution in [0.5, 0.6) is 0 Å². The van der Waals surface area contributed by atoms with E-state index in [0.717, 1.165) is 0 Å². The fraction of sp³-hybridized carbons (Fsp3) is 0. The molecule has 0 saturated carbocycles. The van der Waals surface area contributed by atoms with Crippen molar-refractivity contribution in [3.05, 3.63) is 40.2 Å². The summed E-state index contributed by atoms with van der Waals surface area (Å²) in [6.07, 6.45) is 1.56. The Kier molecular flexibility index (Phi) is 1.65. The van der Waals surface area contributed by atoms with Gasteiger partial charge < -0.3 is 0 Å². The summed E-state index contributed by atoms with van der Waals surface area (Å²) in [5.41, 5.74) is -0.0802. The van der Waals surface area contributed by atoms with Gasteiger partial charge in [-0.25, -0.2) is 4.52 Å². The van der Waals surface area contributed by atoms with Crippen LogP contribution in [-0.2, 0) is 0 Å². The molecule has 0 aliphatic heterocycles. The van der Waals surface area contributed by atoms with Crippen molar-refractivity contribution >= 4 is 11.2 Å². The van der Waals surface area contributed by atoms with Gasteiger partial charge in [0.25, 0.3) is 0 Å². The molecule has 0 bridgehead atoms. The Bertz CT molecular complexity index is 552. The van der Waals surface area contributed by atoms with E-state index >= 15 is 0 Å². The summed E-state index contributed by atoms with van der Waals surface area (Å²) in [4.78, 5) is 10.1. The van der Waals surface area contributed by atoms with Crippen molar-refractivity contribution in [2.24, 2.45) is 0 Å². The van der Waals surface area contributed by atoms with E-state index in [1.807, 2.05) is 0 Å². The van der Waals surface area contributed by atoms with E-state index in [1.54, 1.807) is 30.5 Å². The molecule has 68 valence electrons. The Hall–Kier alpha value is -2.42. The molecule has 0 aliphatic carbocycles. The first-order chi connectivity index (χ1) is 6.74. The Morgan fingerprint density at radius 2 is 2.36 bits per heavy atom. The molecule has 2 aromatic rings. The van der Waals surface area contributed by atoms with E-state index in [2.05, 4.69) is 5.10 Å². The van der Waals surface area contributed by atoms with Crippen LogP contribution in [-0.4, -0.2) is 14.5 Å². The van der Waals surface area contributed by atoms with Gasteiger partial charge in [0.15, 0.2) is 0 Å². The van der Waals surface area contributed by atoms with Gasteiger partial charge in [0, 0.05) is 6.20 Å². The highest BCUT2D eigenvalue weighted by Gasteiger charge is 2.22. The molecule has 0 amide bonds. The topological polar surface area (TPSA) is 84.2 Å². The maximum atomic E-state index is 10.7. The second-order valence-electron chi connectivity index (χ2n) is 2.60. The maximum Gasteiger partial charge on any atom is 0.332 e. The third-order valence-corrected chi connectivity index (χ3v) is 1.80. The largest absolute Gasteiger partial charge is 0.332 e. The summed E-state index contributed by atoms with van der Waals surface area (Å²) in [5, 5.41) is 23.1. The van der Waals surface area contributed by atoms with Gasteiger partial charge in [0.2, 0.25) is 5.69 Å². The molecular formula is C8H4N4O2. The molecule has 0 unspecified atom stereocenters. The third-order valence-electron chi connectivity index (χ3n) is 1.80. The zero-order valence-electron chi connectivity index (χ0n) is 6.91. The van der Waals surface area contributed by atoms with E-state index in [4.69, 9.17) is 5.26 Å². The van der Waals surface area contributed by atoms with Gasteiger partial charge in [-0.3, -0.25) is 10.1 Å². The molecule has 2 rings (SSSR count). The molecule has 6 heteroatoms. The second kappa shape index (κ2) is 2.81. The quantitative estimate of drug-likeness (QED) is 0.495. The lowest BCUT2D eigenvalue weighted by molar-refractivity contribution is -0.383. The van der Waals surface area contributed by atoms with Gasteiger partial charge >= 0.3 is 5.69 Å². The Morgan fingerprint density at radius 3 is 3.00 bits per heavy atom. The highest BCUT2D eigenvalue weighted by molar-refractivity contribution is 5.69. The number of fused-ring (bicyclic) bond motifs is 1. The van der Waals surface area contributed by atoms with Crippen molar-refractivity contribution in [1.82, 2.24) is 9.61 Å². The van der Waals surface area contributed by atoms with Crippen molar-refractivity contribution in [2.45, 2.75) is 0 Å². The van der Waals surface area contributed by atoms with Gasteiger partial charge in [-0.1, -0.05) is 6.07 Å². The van der Waals surface area contributed by atoms with Gasteiger partial charge in [-0.05, 0) is 12.1 Å². The zero-order valence-corrected chi connectivity index (χ0v) is 6.91. The number of nitro groups is 1. The van der Waals surface area contributed by atoms with E-state index < -0.39 is 4.92 Å². The lowest BCUT2D eigenvalue weighted by atomic mass is 10.3. The van der Waals surface area contributed by atoms with Crippen molar-refractivity contribution in [3.8, 4) is 6.07 Å². The van der Waals surface area contributed by atoms with E-state index in [0.29, 0.717) is 5.52 Å². The van der Waals surface area contributed by atoms with Crippen LogP contribution >= 0.6 is 0 Å². The number of hydrogen-bond donors (Lipinski definition) is 0. The summed E-state index contributed by atoms with van der Waals surface area (Å²) in [5.74, 6) is 0. The maximum absolute atomic E-state index is 10.7.